The number of hydrogen-bond acceptors (Lipinski definition) is 0. The van der Waals surface area contributed by atoms with Gasteiger partial charge in [0, 0.05) is 0 Å². The fourth-order valence-electron chi connectivity index (χ4n) is 2.86. The van der Waals surface area contributed by atoms with Gasteiger partial charge in [0.05, 0.1) is 0 Å². The molecule has 4 heteroatoms. The quantitative estimate of drug-likeness (QED) is 0.485. The van der Waals surface area contributed by atoms with Crippen molar-refractivity contribution in [1.82, 2.24) is 0 Å². The monoisotopic (exact) mass is 376 g/mol. The Morgan fingerprint density at radius 1 is 0.600 bits per heavy atom. The maximum Gasteiger partial charge on any atom is 6.00 e. The predicted molar refractivity (Wildman–Crippen MR) is 96.6 cm³/mol. The first kappa shape index (κ1) is 31.0. The third-order valence-corrected chi connectivity index (χ3v) is 3.62. The molecule has 0 saturated heterocycles. The summed E-state index contributed by atoms with van der Waals surface area (Å²) >= 11 is 0. The summed E-state index contributed by atoms with van der Waals surface area (Å²) in [6.07, 6.45) is 8.99. The molecule has 0 aliphatic rings. The van der Waals surface area contributed by atoms with Crippen LogP contribution in [0.1, 0.15) is 54.2 Å². The van der Waals surface area contributed by atoms with E-state index in [0.717, 1.165) is 19.3 Å². The van der Waals surface area contributed by atoms with Gasteiger partial charge in [0.2, 0.25) is 0 Å². The first-order valence-corrected chi connectivity index (χ1v) is 7.39. The van der Waals surface area contributed by atoms with Crippen LogP contribution in [0.4, 0.5) is 0 Å². The fourth-order valence-corrected chi connectivity index (χ4v) is 2.86. The van der Waals surface area contributed by atoms with Crippen LogP contribution in [0, 0.1) is 20.0 Å². The summed E-state index contributed by atoms with van der Waals surface area (Å²) in [4.78, 5) is 0. The minimum atomic E-state index is 0. The van der Waals surface area contributed by atoms with E-state index in [9.17, 15) is 0 Å². The van der Waals surface area contributed by atoms with Crippen LogP contribution in [0.5, 0.6) is 0 Å². The Kier molecular flexibility index (Phi) is 25.1. The van der Waals surface area contributed by atoms with Crippen LogP contribution >= 0.6 is 0 Å². The summed E-state index contributed by atoms with van der Waals surface area (Å²) in [5.74, 6) is 0. The van der Waals surface area contributed by atoms with Crippen LogP contribution in [-0.2, 0) is 50.6 Å². The molecule has 0 atom stereocenters. The molecule has 0 radical (unpaired) electrons. The van der Waals surface area contributed by atoms with Gasteiger partial charge < -0.3 is 0 Å². The third-order valence-electron chi connectivity index (χ3n) is 3.62. The van der Waals surface area contributed by atoms with Crippen molar-refractivity contribution in [2.75, 3.05) is 0 Å². The minimum Gasteiger partial charge on any atom is 6.00 e. The Labute approximate surface area is 162 Å². The van der Waals surface area contributed by atoms with Crippen molar-refractivity contribution in [2.24, 2.45) is 0 Å². The van der Waals surface area contributed by atoms with Gasteiger partial charge in [0.25, 0.3) is 0 Å². The number of rotatable bonds is 6. The van der Waals surface area contributed by atoms with Gasteiger partial charge in [-0.05, 0) is 52.6 Å². The molecule has 0 heterocycles. The van der Waals surface area contributed by atoms with Crippen LogP contribution in [0.15, 0.2) is 19.7 Å². The largest absolute Gasteiger partial charge is 6.00 e. The summed E-state index contributed by atoms with van der Waals surface area (Å²) in [5, 5.41) is 0. The van der Waals surface area contributed by atoms with Crippen LogP contribution in [0.2, 0.25) is 0 Å². The normalized spacial score (nSPS) is 7.56. The second kappa shape index (κ2) is 20.2. The molecular formula is C21H24CrO3+6. The Morgan fingerprint density at radius 3 is 0.840 bits per heavy atom. The van der Waals surface area contributed by atoms with Crippen LogP contribution in [0.3, 0.4) is 0 Å². The van der Waals surface area contributed by atoms with E-state index in [1.54, 1.807) is 0 Å². The number of hydrogen-bond donors (Lipinski definition) is 0. The molecule has 0 fully saturated rings. The summed E-state index contributed by atoms with van der Waals surface area (Å²) in [5.41, 5.74) is 7.96. The van der Waals surface area contributed by atoms with E-state index in [0.29, 0.717) is 0 Å². The van der Waals surface area contributed by atoms with E-state index in [1.807, 2.05) is 18.2 Å². The van der Waals surface area contributed by atoms with Gasteiger partial charge in [-0.15, -0.1) is 0 Å². The Bertz CT molecular complexity index is 501. The summed E-state index contributed by atoms with van der Waals surface area (Å²) < 4.78 is 22.5. The van der Waals surface area contributed by atoms with E-state index in [1.165, 1.54) is 33.4 Å². The van der Waals surface area contributed by atoms with Gasteiger partial charge >= 0.3 is 51.3 Å². The fraction of sp³-hybridized carbons (Fsp3) is 0.286. The average molecular weight is 376 g/mol. The van der Waals surface area contributed by atoms with Crippen molar-refractivity contribution in [3.8, 4) is 0 Å². The third kappa shape index (κ3) is 7.74. The average Bonchev–Trinajstić information content (AvgIpc) is 2.69. The Balaban J connectivity index is -0.000000284. The zero-order valence-corrected chi connectivity index (χ0v) is 16.4. The second-order valence-corrected chi connectivity index (χ2v) is 4.35. The van der Waals surface area contributed by atoms with E-state index >= 15 is 0 Å². The zero-order chi connectivity index (χ0) is 19.7. The molecule has 0 saturated carbocycles. The second-order valence-electron chi connectivity index (χ2n) is 4.35. The summed E-state index contributed by atoms with van der Waals surface area (Å²) in [6.45, 7) is 32.0. The Hall–Kier alpha value is -1.81. The van der Waals surface area contributed by atoms with Crippen LogP contribution < -0.4 is 0 Å². The van der Waals surface area contributed by atoms with Crippen LogP contribution in [-0.4, -0.2) is 0 Å². The van der Waals surface area contributed by atoms with Gasteiger partial charge in [-0.1, -0.05) is 58.7 Å². The van der Waals surface area contributed by atoms with Gasteiger partial charge in [-0.3, -0.25) is 0 Å². The maximum absolute atomic E-state index is 7.50. The molecule has 0 unspecified atom stereocenters. The standard InChI is InChI=1S/C18H24.3CO.Cr/c1-7-13-14(8-2)16(10-4)18(12-6)17(11-5)15(13)9-3;3*1-2;/h7,10-11H,1,4-5,8-9,12H2,2-3,6H3;;;;/q;;;;+6. The maximum atomic E-state index is 7.50. The molecule has 0 N–H and O–H groups in total. The van der Waals surface area contributed by atoms with Gasteiger partial charge in [-0.25, -0.2) is 0 Å². The molecular weight excluding hydrogens is 352 g/mol. The SMILES string of the molecule is C=Cc1c(CC)c(C=C)c(CC)c(C=C)c1CC.[C-]#[O+].[C-]#[O+].[C-]#[O+].[Cr+6]. The molecule has 0 aliphatic carbocycles. The van der Waals surface area contributed by atoms with E-state index in [4.69, 9.17) is 14.0 Å². The van der Waals surface area contributed by atoms with E-state index in [-0.39, 0.29) is 17.4 Å². The smallest absolute Gasteiger partial charge is 6.00 e. The van der Waals surface area contributed by atoms with Crippen molar-refractivity contribution in [2.45, 2.75) is 40.0 Å². The minimum absolute atomic E-state index is 0. The molecule has 1 rings (SSSR count). The molecule has 0 bridgehead atoms. The zero-order valence-electron chi connectivity index (χ0n) is 15.1. The van der Waals surface area contributed by atoms with Gasteiger partial charge in [0.15, 0.2) is 0 Å². The summed E-state index contributed by atoms with van der Waals surface area (Å²) in [6, 6.07) is 0. The van der Waals surface area contributed by atoms with Crippen molar-refractivity contribution in [1.29, 1.82) is 0 Å². The van der Waals surface area contributed by atoms with Crippen molar-refractivity contribution >= 4 is 18.2 Å². The molecule has 0 aromatic heterocycles. The molecule has 0 aliphatic heterocycles. The molecule has 0 spiro atoms. The molecule has 1 aromatic rings. The molecule has 0 amide bonds. The molecule has 3 nitrogen and oxygen atoms in total. The predicted octanol–water partition coefficient (Wildman–Crippen LogP) is 5.19. The van der Waals surface area contributed by atoms with E-state index < -0.39 is 0 Å². The van der Waals surface area contributed by atoms with Crippen molar-refractivity contribution in [3.63, 3.8) is 0 Å². The van der Waals surface area contributed by atoms with Crippen molar-refractivity contribution < 1.29 is 31.3 Å². The van der Waals surface area contributed by atoms with Gasteiger partial charge in [0.1, 0.15) is 0 Å². The molecule has 25 heavy (non-hydrogen) atoms. The number of benzene rings is 1. The molecule has 126 valence electrons. The summed E-state index contributed by atoms with van der Waals surface area (Å²) in [7, 11) is 0. The van der Waals surface area contributed by atoms with Gasteiger partial charge in [-0.2, -0.15) is 0 Å². The first-order chi connectivity index (χ1) is 11.7. The van der Waals surface area contributed by atoms with Crippen LogP contribution in [0.25, 0.3) is 18.2 Å². The first-order valence-electron chi connectivity index (χ1n) is 7.39. The van der Waals surface area contributed by atoms with Crippen molar-refractivity contribution in [3.05, 3.63) is 73.1 Å². The Morgan fingerprint density at radius 2 is 0.760 bits per heavy atom. The topological polar surface area (TPSA) is 59.7 Å². The molecule has 1 aromatic carbocycles. The van der Waals surface area contributed by atoms with E-state index in [2.05, 4.69) is 60.5 Å².